The van der Waals surface area contributed by atoms with Crippen LogP contribution in [0, 0.1) is 12.8 Å². The molecular weight excluding hydrogens is 270 g/mol. The van der Waals surface area contributed by atoms with Crippen molar-refractivity contribution in [2.45, 2.75) is 71.9 Å². The normalized spacial score (nSPS) is 17.8. The first kappa shape index (κ1) is 15.8. The second kappa shape index (κ2) is 7.46. The lowest BCUT2D eigenvalue weighted by Gasteiger charge is -2.24. The zero-order valence-electron chi connectivity index (χ0n) is 13.1. The van der Waals surface area contributed by atoms with Crippen LogP contribution in [0.1, 0.15) is 57.3 Å². The Labute approximate surface area is 128 Å². The molecule has 1 fully saturated rings. The smallest absolute Gasteiger partial charge is 0.0847 e. The molecule has 3 nitrogen and oxygen atoms in total. The fourth-order valence-electron chi connectivity index (χ4n) is 3.53. The Morgan fingerprint density at radius 2 is 2.05 bits per heavy atom. The van der Waals surface area contributed by atoms with Gasteiger partial charge in [-0.2, -0.15) is 5.10 Å². The molecule has 0 amide bonds. The van der Waals surface area contributed by atoms with Gasteiger partial charge in [-0.05, 0) is 52.0 Å². The second-order valence-electron chi connectivity index (χ2n) is 5.91. The largest absolute Gasteiger partial charge is 0.314 e. The van der Waals surface area contributed by atoms with Crippen LogP contribution >= 0.6 is 11.6 Å². The van der Waals surface area contributed by atoms with Crippen molar-refractivity contribution in [1.82, 2.24) is 15.1 Å². The molecule has 0 aliphatic heterocycles. The summed E-state index contributed by atoms with van der Waals surface area (Å²) in [6.45, 7) is 8.29. The van der Waals surface area contributed by atoms with Crippen LogP contribution in [-0.4, -0.2) is 22.4 Å². The molecule has 1 atom stereocenters. The molecule has 1 unspecified atom stereocenters. The highest BCUT2D eigenvalue weighted by Gasteiger charge is 2.25. The van der Waals surface area contributed by atoms with Gasteiger partial charge < -0.3 is 5.32 Å². The minimum atomic E-state index is 0.638. The summed E-state index contributed by atoms with van der Waals surface area (Å²) in [4.78, 5) is 0. The van der Waals surface area contributed by atoms with Crippen molar-refractivity contribution in [2.24, 2.45) is 5.92 Å². The summed E-state index contributed by atoms with van der Waals surface area (Å²) in [5.41, 5.74) is 2.18. The maximum absolute atomic E-state index is 6.41. The zero-order valence-corrected chi connectivity index (χ0v) is 13.8. The first-order valence-corrected chi connectivity index (χ1v) is 8.50. The predicted molar refractivity (Wildman–Crippen MR) is 85.4 cm³/mol. The van der Waals surface area contributed by atoms with Crippen molar-refractivity contribution in [1.29, 1.82) is 0 Å². The molecule has 1 N–H and O–H groups in total. The summed E-state index contributed by atoms with van der Waals surface area (Å²) >= 11 is 6.41. The Morgan fingerprint density at radius 1 is 1.35 bits per heavy atom. The van der Waals surface area contributed by atoms with Crippen LogP contribution in [0.15, 0.2) is 0 Å². The average molecular weight is 298 g/mol. The van der Waals surface area contributed by atoms with E-state index >= 15 is 0 Å². The van der Waals surface area contributed by atoms with Crippen molar-refractivity contribution in [3.63, 3.8) is 0 Å². The van der Waals surface area contributed by atoms with Gasteiger partial charge in [0.1, 0.15) is 0 Å². The SMILES string of the molecule is CCNC(CCc1c(Cl)c(C)nn1CC)C1CCCC1. The highest BCUT2D eigenvalue weighted by molar-refractivity contribution is 6.31. The lowest BCUT2D eigenvalue weighted by molar-refractivity contribution is 0.343. The summed E-state index contributed by atoms with van der Waals surface area (Å²) in [6.07, 6.45) is 7.78. The lowest BCUT2D eigenvalue weighted by atomic mass is 9.93. The maximum Gasteiger partial charge on any atom is 0.0847 e. The van der Waals surface area contributed by atoms with Gasteiger partial charge in [-0.25, -0.2) is 0 Å². The summed E-state index contributed by atoms with van der Waals surface area (Å²) in [5, 5.41) is 9.07. The Balaban J connectivity index is 2.01. The highest BCUT2D eigenvalue weighted by atomic mass is 35.5. The van der Waals surface area contributed by atoms with Crippen molar-refractivity contribution >= 4 is 11.6 Å². The van der Waals surface area contributed by atoms with E-state index in [0.29, 0.717) is 6.04 Å². The summed E-state index contributed by atoms with van der Waals surface area (Å²) in [6, 6.07) is 0.638. The van der Waals surface area contributed by atoms with E-state index in [0.717, 1.165) is 36.1 Å². The van der Waals surface area contributed by atoms with E-state index in [-0.39, 0.29) is 0 Å². The number of hydrogen-bond donors (Lipinski definition) is 1. The Morgan fingerprint density at radius 3 is 2.65 bits per heavy atom. The molecule has 0 aromatic carbocycles. The molecule has 0 bridgehead atoms. The Kier molecular flexibility index (Phi) is 5.91. The van der Waals surface area contributed by atoms with Crippen LogP contribution in [0.2, 0.25) is 5.02 Å². The Bertz CT molecular complexity index is 422. The number of hydrogen-bond acceptors (Lipinski definition) is 2. The Hall–Kier alpha value is -0.540. The third kappa shape index (κ3) is 3.56. The fourth-order valence-corrected chi connectivity index (χ4v) is 3.76. The quantitative estimate of drug-likeness (QED) is 0.825. The first-order valence-electron chi connectivity index (χ1n) is 8.12. The van der Waals surface area contributed by atoms with E-state index in [9.17, 15) is 0 Å². The van der Waals surface area contributed by atoms with Gasteiger partial charge in [0, 0.05) is 12.6 Å². The molecule has 1 aliphatic carbocycles. The van der Waals surface area contributed by atoms with Gasteiger partial charge in [0.15, 0.2) is 0 Å². The summed E-state index contributed by atoms with van der Waals surface area (Å²) in [7, 11) is 0. The topological polar surface area (TPSA) is 29.9 Å². The van der Waals surface area contributed by atoms with E-state index in [1.807, 2.05) is 6.92 Å². The second-order valence-corrected chi connectivity index (χ2v) is 6.29. The van der Waals surface area contributed by atoms with Crippen LogP contribution in [0.25, 0.3) is 0 Å². The third-order valence-electron chi connectivity index (χ3n) is 4.58. The zero-order chi connectivity index (χ0) is 14.5. The molecular formula is C16H28ClN3. The minimum absolute atomic E-state index is 0.638. The maximum atomic E-state index is 6.41. The predicted octanol–water partition coefficient (Wildman–Crippen LogP) is 3.97. The van der Waals surface area contributed by atoms with Crippen LogP contribution in [0.5, 0.6) is 0 Å². The van der Waals surface area contributed by atoms with Gasteiger partial charge in [-0.1, -0.05) is 31.4 Å². The van der Waals surface area contributed by atoms with Crippen LogP contribution in [0.3, 0.4) is 0 Å². The van der Waals surface area contributed by atoms with Gasteiger partial charge in [0.25, 0.3) is 0 Å². The molecule has 1 aromatic heterocycles. The third-order valence-corrected chi connectivity index (χ3v) is 5.07. The van der Waals surface area contributed by atoms with Crippen LogP contribution in [-0.2, 0) is 13.0 Å². The fraction of sp³-hybridized carbons (Fsp3) is 0.812. The van der Waals surface area contributed by atoms with Gasteiger partial charge >= 0.3 is 0 Å². The van der Waals surface area contributed by atoms with Crippen LogP contribution in [0.4, 0.5) is 0 Å². The van der Waals surface area contributed by atoms with Gasteiger partial charge in [-0.3, -0.25) is 4.68 Å². The molecule has 0 radical (unpaired) electrons. The molecule has 114 valence electrons. The van der Waals surface area contributed by atoms with Gasteiger partial charge in [-0.15, -0.1) is 0 Å². The molecule has 1 aliphatic rings. The van der Waals surface area contributed by atoms with E-state index in [4.69, 9.17) is 11.6 Å². The van der Waals surface area contributed by atoms with Crippen molar-refractivity contribution in [3.05, 3.63) is 16.4 Å². The molecule has 4 heteroatoms. The van der Waals surface area contributed by atoms with Gasteiger partial charge in [0.05, 0.1) is 16.4 Å². The minimum Gasteiger partial charge on any atom is -0.314 e. The van der Waals surface area contributed by atoms with E-state index in [1.54, 1.807) is 0 Å². The number of nitrogens with zero attached hydrogens (tertiary/aromatic N) is 2. The average Bonchev–Trinajstić information content (AvgIpc) is 3.06. The molecule has 1 aromatic rings. The highest BCUT2D eigenvalue weighted by Crippen LogP contribution is 2.30. The van der Waals surface area contributed by atoms with Crippen molar-refractivity contribution in [3.8, 4) is 0 Å². The molecule has 2 rings (SSSR count). The summed E-state index contributed by atoms with van der Waals surface area (Å²) < 4.78 is 2.06. The number of halogens is 1. The molecule has 0 saturated heterocycles. The monoisotopic (exact) mass is 297 g/mol. The molecule has 20 heavy (non-hydrogen) atoms. The van der Waals surface area contributed by atoms with E-state index in [1.165, 1.54) is 37.8 Å². The van der Waals surface area contributed by atoms with Crippen molar-refractivity contribution < 1.29 is 0 Å². The van der Waals surface area contributed by atoms with E-state index in [2.05, 4.69) is 28.9 Å². The number of rotatable bonds is 7. The van der Waals surface area contributed by atoms with Crippen LogP contribution < -0.4 is 5.32 Å². The van der Waals surface area contributed by atoms with Crippen molar-refractivity contribution in [2.75, 3.05) is 6.54 Å². The molecule has 0 spiro atoms. The molecule has 1 heterocycles. The number of aromatic nitrogens is 2. The molecule has 1 saturated carbocycles. The summed E-state index contributed by atoms with van der Waals surface area (Å²) in [5.74, 6) is 0.854. The van der Waals surface area contributed by atoms with Gasteiger partial charge in [0.2, 0.25) is 0 Å². The van der Waals surface area contributed by atoms with E-state index < -0.39 is 0 Å². The first-order chi connectivity index (χ1) is 9.67. The number of nitrogens with one attached hydrogen (secondary N) is 1. The lowest BCUT2D eigenvalue weighted by Crippen LogP contribution is -2.35. The number of aryl methyl sites for hydroxylation is 2. The standard InChI is InChI=1S/C16H28ClN3/c1-4-18-14(13-8-6-7-9-13)10-11-15-16(17)12(3)19-20(15)5-2/h13-14,18H,4-11H2,1-3H3.